The minimum Gasteiger partial charge on any atom is -0.378 e. The molecule has 0 unspecified atom stereocenters. The van der Waals surface area contributed by atoms with Crippen LogP contribution >= 0.6 is 0 Å². The summed E-state index contributed by atoms with van der Waals surface area (Å²) in [6.07, 6.45) is 0. The fourth-order valence-electron chi connectivity index (χ4n) is 1.83. The maximum absolute atomic E-state index is 4.67. The number of anilines is 2. The topological polar surface area (TPSA) is 20.6 Å². The fraction of sp³-hybridized carbons (Fsp3) is 0.250. The van der Waals surface area contributed by atoms with Crippen LogP contribution in [-0.2, 0) is 0 Å². The Balaban J connectivity index is 2.21. The summed E-state index contributed by atoms with van der Waals surface area (Å²) < 4.78 is 0. The molecule has 0 amide bonds. The molecule has 0 saturated heterocycles. The van der Waals surface area contributed by atoms with Gasteiger partial charge in [-0.3, -0.25) is 0 Å². The Bertz CT molecular complexity index is 498. The van der Waals surface area contributed by atoms with Crippen LogP contribution in [0.5, 0.6) is 0 Å². The molecule has 0 heterocycles. The van der Waals surface area contributed by atoms with Crippen molar-refractivity contribution in [1.29, 1.82) is 0 Å². The predicted octanol–water partition coefficient (Wildman–Crippen LogP) is 3.39. The Kier molecular flexibility index (Phi) is 3.95. The van der Waals surface area contributed by atoms with E-state index in [1.807, 2.05) is 52.5 Å². The molecule has 3 heteroatoms. The minimum atomic E-state index is 0.974. The molecule has 0 spiro atoms. The van der Waals surface area contributed by atoms with E-state index in [0.29, 0.717) is 0 Å². The van der Waals surface area contributed by atoms with Crippen molar-refractivity contribution in [3.05, 3.63) is 48.5 Å². The van der Waals surface area contributed by atoms with E-state index in [0.717, 1.165) is 22.7 Å². The summed E-state index contributed by atoms with van der Waals surface area (Å²) in [5, 5.41) is 4.67. The lowest BCUT2D eigenvalue weighted by molar-refractivity contribution is 1.10. The number of hydrogen-bond donors (Lipinski definition) is 0. The molecule has 19 heavy (non-hydrogen) atoms. The number of nitrogens with zero attached hydrogens (tertiary/aromatic N) is 3. The van der Waals surface area contributed by atoms with Gasteiger partial charge in [0.2, 0.25) is 0 Å². The van der Waals surface area contributed by atoms with Crippen molar-refractivity contribution in [2.24, 2.45) is 0 Å². The summed E-state index contributed by atoms with van der Waals surface area (Å²) in [4.78, 5) is 4.16. The van der Waals surface area contributed by atoms with Crippen molar-refractivity contribution in [3.63, 3.8) is 0 Å². The van der Waals surface area contributed by atoms with Gasteiger partial charge in [-0.05, 0) is 36.4 Å². The van der Waals surface area contributed by atoms with Gasteiger partial charge in [-0.25, -0.2) is 5.32 Å². The summed E-state index contributed by atoms with van der Waals surface area (Å²) in [7, 11) is 8.13. The predicted molar refractivity (Wildman–Crippen MR) is 83.0 cm³/mol. The molecule has 0 aromatic heterocycles. The molecule has 0 atom stereocenters. The van der Waals surface area contributed by atoms with E-state index >= 15 is 0 Å². The molecule has 2 aromatic carbocycles. The number of hydrogen-bond acceptors (Lipinski definition) is 2. The lowest BCUT2D eigenvalue weighted by Gasteiger charge is -2.15. The van der Waals surface area contributed by atoms with Crippen LogP contribution < -0.4 is 15.1 Å². The molecule has 1 radical (unpaired) electrons. The highest BCUT2D eigenvalue weighted by Crippen LogP contribution is 2.24. The van der Waals surface area contributed by atoms with E-state index < -0.39 is 0 Å². The van der Waals surface area contributed by atoms with E-state index in [2.05, 4.69) is 39.4 Å². The fourth-order valence-corrected chi connectivity index (χ4v) is 1.83. The Morgan fingerprint density at radius 1 is 0.684 bits per heavy atom. The highest BCUT2D eigenvalue weighted by atomic mass is 15.1. The maximum Gasteiger partial charge on any atom is 0.0657 e. The molecular formula is C16H20N3. The Morgan fingerprint density at radius 2 is 1.11 bits per heavy atom. The number of benzene rings is 2. The van der Waals surface area contributed by atoms with Gasteiger partial charge in [0.15, 0.2) is 0 Å². The van der Waals surface area contributed by atoms with Gasteiger partial charge in [0.25, 0.3) is 0 Å². The molecule has 0 N–H and O–H groups in total. The van der Waals surface area contributed by atoms with Crippen LogP contribution in [0.3, 0.4) is 0 Å². The van der Waals surface area contributed by atoms with Crippen molar-refractivity contribution in [1.82, 2.24) is 5.32 Å². The zero-order chi connectivity index (χ0) is 13.8. The minimum absolute atomic E-state index is 0.974. The van der Waals surface area contributed by atoms with Crippen LogP contribution in [0.15, 0.2) is 48.5 Å². The number of rotatable bonds is 4. The molecule has 0 bridgehead atoms. The van der Waals surface area contributed by atoms with Crippen molar-refractivity contribution in [2.75, 3.05) is 38.0 Å². The van der Waals surface area contributed by atoms with E-state index in [9.17, 15) is 0 Å². The lowest BCUT2D eigenvalue weighted by Crippen LogP contribution is -2.09. The average molecular weight is 254 g/mol. The third kappa shape index (κ3) is 3.41. The normalized spacial score (nSPS) is 10.1. The first-order chi connectivity index (χ1) is 9.06. The monoisotopic (exact) mass is 254 g/mol. The van der Waals surface area contributed by atoms with E-state index in [1.165, 1.54) is 0 Å². The van der Waals surface area contributed by atoms with Crippen LogP contribution in [0.2, 0.25) is 0 Å². The molecular weight excluding hydrogens is 234 g/mol. The van der Waals surface area contributed by atoms with Gasteiger partial charge in [-0.2, -0.15) is 0 Å². The van der Waals surface area contributed by atoms with Gasteiger partial charge < -0.3 is 9.80 Å². The highest BCUT2D eigenvalue weighted by molar-refractivity contribution is 5.61. The largest absolute Gasteiger partial charge is 0.378 e. The Morgan fingerprint density at radius 3 is 1.47 bits per heavy atom. The molecule has 3 nitrogen and oxygen atoms in total. The van der Waals surface area contributed by atoms with Crippen LogP contribution in [0.25, 0.3) is 0 Å². The average Bonchev–Trinajstić information content (AvgIpc) is 2.39. The molecule has 0 aliphatic carbocycles. The first-order valence-corrected chi connectivity index (χ1v) is 6.33. The molecule has 2 rings (SSSR count). The maximum atomic E-state index is 4.67. The van der Waals surface area contributed by atoms with Gasteiger partial charge in [0.05, 0.1) is 11.4 Å². The summed E-state index contributed by atoms with van der Waals surface area (Å²) in [5.41, 5.74) is 4.26. The van der Waals surface area contributed by atoms with Crippen molar-refractivity contribution >= 4 is 22.7 Å². The Labute approximate surface area is 115 Å². The third-order valence-electron chi connectivity index (χ3n) is 2.95. The van der Waals surface area contributed by atoms with Crippen LogP contribution in [0.4, 0.5) is 22.7 Å². The Hall–Kier alpha value is -2.16. The van der Waals surface area contributed by atoms with Gasteiger partial charge in [-0.1, -0.05) is 12.1 Å². The van der Waals surface area contributed by atoms with Crippen LogP contribution in [0, 0.1) is 0 Å². The van der Waals surface area contributed by atoms with E-state index in [4.69, 9.17) is 0 Å². The molecule has 0 fully saturated rings. The van der Waals surface area contributed by atoms with Crippen molar-refractivity contribution < 1.29 is 0 Å². The molecule has 2 aromatic rings. The van der Waals surface area contributed by atoms with Gasteiger partial charge in [0, 0.05) is 39.6 Å². The lowest BCUT2D eigenvalue weighted by atomic mass is 10.2. The molecule has 0 aliphatic rings. The summed E-state index contributed by atoms with van der Waals surface area (Å²) in [5.74, 6) is 0. The third-order valence-corrected chi connectivity index (χ3v) is 2.95. The quantitative estimate of drug-likeness (QED) is 0.833. The van der Waals surface area contributed by atoms with Crippen LogP contribution in [0.1, 0.15) is 0 Å². The molecule has 0 aliphatic heterocycles. The van der Waals surface area contributed by atoms with Gasteiger partial charge in [-0.15, -0.1) is 0 Å². The second-order valence-electron chi connectivity index (χ2n) is 4.94. The first-order valence-electron chi connectivity index (χ1n) is 6.33. The van der Waals surface area contributed by atoms with Crippen molar-refractivity contribution in [3.8, 4) is 0 Å². The van der Waals surface area contributed by atoms with E-state index in [-0.39, 0.29) is 0 Å². The second kappa shape index (κ2) is 5.65. The first kappa shape index (κ1) is 13.3. The SMILES string of the molecule is CN(C)c1cccc([N]c2cccc(N(C)C)c2)c1. The summed E-state index contributed by atoms with van der Waals surface area (Å²) in [6.45, 7) is 0. The second-order valence-corrected chi connectivity index (χ2v) is 4.94. The molecule has 99 valence electrons. The van der Waals surface area contributed by atoms with Crippen LogP contribution in [-0.4, -0.2) is 28.2 Å². The molecule has 0 saturated carbocycles. The summed E-state index contributed by atoms with van der Waals surface area (Å²) >= 11 is 0. The van der Waals surface area contributed by atoms with E-state index in [1.54, 1.807) is 0 Å². The smallest absolute Gasteiger partial charge is 0.0657 e. The van der Waals surface area contributed by atoms with Crippen molar-refractivity contribution in [2.45, 2.75) is 0 Å². The zero-order valence-corrected chi connectivity index (χ0v) is 12.0. The van der Waals surface area contributed by atoms with Gasteiger partial charge >= 0.3 is 0 Å². The zero-order valence-electron chi connectivity index (χ0n) is 12.0. The standard InChI is InChI=1S/C16H20N3/c1-18(2)15-9-5-7-13(11-15)17-14-8-6-10-16(12-14)19(3)4/h5-12H,1-4H3. The van der Waals surface area contributed by atoms with Gasteiger partial charge in [0.1, 0.15) is 0 Å². The summed E-state index contributed by atoms with van der Waals surface area (Å²) in [6, 6.07) is 16.4. The highest BCUT2D eigenvalue weighted by Gasteiger charge is 2.02.